The van der Waals surface area contributed by atoms with Crippen molar-refractivity contribution >= 4 is 5.91 Å². The Labute approximate surface area is 108 Å². The molecule has 1 atom stereocenters. The van der Waals surface area contributed by atoms with Gasteiger partial charge in [-0.15, -0.1) is 0 Å². The van der Waals surface area contributed by atoms with Crippen LogP contribution >= 0.6 is 0 Å². The summed E-state index contributed by atoms with van der Waals surface area (Å²) in [5.41, 5.74) is 0.632. The summed E-state index contributed by atoms with van der Waals surface area (Å²) in [4.78, 5) is 12.0. The van der Waals surface area contributed by atoms with Crippen molar-refractivity contribution in [2.24, 2.45) is 5.92 Å². The first-order valence-corrected chi connectivity index (χ1v) is 6.58. The molecule has 0 spiro atoms. The monoisotopic (exact) mass is 251 g/mol. The molecule has 1 aromatic heterocycles. The number of nitrogens with one attached hydrogen (secondary N) is 1. The molecule has 2 heterocycles. The van der Waals surface area contributed by atoms with Crippen molar-refractivity contribution < 1.29 is 9.53 Å². The molecular formula is C13H21N3O2. The molecule has 1 fully saturated rings. The molecule has 0 aromatic carbocycles. The molecule has 5 heteroatoms. The van der Waals surface area contributed by atoms with E-state index in [4.69, 9.17) is 4.74 Å². The van der Waals surface area contributed by atoms with Gasteiger partial charge in [0.25, 0.3) is 5.91 Å². The number of nitrogens with zero attached hydrogens (tertiary/aromatic N) is 2. The van der Waals surface area contributed by atoms with Crippen LogP contribution in [0.5, 0.6) is 0 Å². The standard InChI is InChI=1S/C13H21N3O2/c1-10(2)16-12(4-7-15-16)13(17)14-6-3-11-5-8-18-9-11/h4,7,10-11H,3,5-6,8-9H2,1-2H3,(H,14,17)/t11-/m0/s1. The molecule has 1 aromatic rings. The molecule has 0 aliphatic carbocycles. The number of carbonyl (C=O) groups excluding carboxylic acids is 1. The lowest BCUT2D eigenvalue weighted by Gasteiger charge is -2.12. The molecule has 0 bridgehead atoms. The lowest BCUT2D eigenvalue weighted by atomic mass is 10.1. The van der Waals surface area contributed by atoms with E-state index in [1.54, 1.807) is 16.9 Å². The predicted octanol–water partition coefficient (Wildman–Crippen LogP) is 1.62. The average Bonchev–Trinajstić information content (AvgIpc) is 2.99. The van der Waals surface area contributed by atoms with Crippen LogP contribution < -0.4 is 5.32 Å². The maximum Gasteiger partial charge on any atom is 0.269 e. The highest BCUT2D eigenvalue weighted by atomic mass is 16.5. The molecule has 0 saturated carbocycles. The summed E-state index contributed by atoms with van der Waals surface area (Å²) in [6.45, 7) is 6.42. The number of aromatic nitrogens is 2. The second kappa shape index (κ2) is 6.00. The minimum atomic E-state index is -0.0416. The van der Waals surface area contributed by atoms with Crippen LogP contribution in [0.1, 0.15) is 43.2 Å². The molecule has 1 saturated heterocycles. The maximum absolute atomic E-state index is 12.0. The SMILES string of the molecule is CC(C)n1nccc1C(=O)NCC[C@H]1CCOC1. The third-order valence-corrected chi connectivity index (χ3v) is 3.25. The fraction of sp³-hybridized carbons (Fsp3) is 0.692. The van der Waals surface area contributed by atoms with Gasteiger partial charge in [-0.1, -0.05) is 0 Å². The number of carbonyl (C=O) groups is 1. The van der Waals surface area contributed by atoms with Crippen LogP contribution in [-0.2, 0) is 4.74 Å². The zero-order valence-corrected chi connectivity index (χ0v) is 11.1. The van der Waals surface area contributed by atoms with E-state index in [9.17, 15) is 4.79 Å². The second-order valence-electron chi connectivity index (χ2n) is 5.03. The summed E-state index contributed by atoms with van der Waals surface area (Å²) < 4.78 is 7.05. The van der Waals surface area contributed by atoms with Crippen LogP contribution in [0, 0.1) is 5.92 Å². The van der Waals surface area contributed by atoms with Crippen LogP contribution in [0.15, 0.2) is 12.3 Å². The summed E-state index contributed by atoms with van der Waals surface area (Å²) in [5.74, 6) is 0.556. The van der Waals surface area contributed by atoms with E-state index in [2.05, 4.69) is 10.4 Å². The molecule has 2 rings (SSSR count). The van der Waals surface area contributed by atoms with Gasteiger partial charge in [-0.3, -0.25) is 9.48 Å². The van der Waals surface area contributed by atoms with Crippen LogP contribution in [-0.4, -0.2) is 35.4 Å². The van der Waals surface area contributed by atoms with Gasteiger partial charge < -0.3 is 10.1 Å². The molecular weight excluding hydrogens is 230 g/mol. The van der Waals surface area contributed by atoms with Gasteiger partial charge >= 0.3 is 0 Å². The molecule has 18 heavy (non-hydrogen) atoms. The summed E-state index contributed by atoms with van der Waals surface area (Å²) >= 11 is 0. The Morgan fingerprint density at radius 1 is 1.67 bits per heavy atom. The average molecular weight is 251 g/mol. The summed E-state index contributed by atoms with van der Waals surface area (Å²) in [6, 6.07) is 1.96. The zero-order chi connectivity index (χ0) is 13.0. The summed E-state index contributed by atoms with van der Waals surface area (Å²) in [7, 11) is 0. The Kier molecular flexibility index (Phi) is 4.36. The van der Waals surface area contributed by atoms with Gasteiger partial charge in [-0.2, -0.15) is 5.10 Å². The smallest absolute Gasteiger partial charge is 0.269 e. The highest BCUT2D eigenvalue weighted by molar-refractivity contribution is 5.92. The number of hydrogen-bond donors (Lipinski definition) is 1. The fourth-order valence-corrected chi connectivity index (χ4v) is 2.20. The van der Waals surface area contributed by atoms with Gasteiger partial charge in [-0.25, -0.2) is 0 Å². The minimum absolute atomic E-state index is 0.0416. The predicted molar refractivity (Wildman–Crippen MR) is 68.5 cm³/mol. The molecule has 1 N–H and O–H groups in total. The van der Waals surface area contributed by atoms with Crippen molar-refractivity contribution in [1.29, 1.82) is 0 Å². The minimum Gasteiger partial charge on any atom is -0.381 e. The molecule has 100 valence electrons. The van der Waals surface area contributed by atoms with E-state index >= 15 is 0 Å². The largest absolute Gasteiger partial charge is 0.381 e. The van der Waals surface area contributed by atoms with Gasteiger partial charge in [0.05, 0.1) is 0 Å². The quantitative estimate of drug-likeness (QED) is 0.865. The first-order valence-electron chi connectivity index (χ1n) is 6.58. The van der Waals surface area contributed by atoms with Gasteiger partial charge in [0.2, 0.25) is 0 Å². The molecule has 1 aliphatic heterocycles. The lowest BCUT2D eigenvalue weighted by Crippen LogP contribution is -2.28. The van der Waals surface area contributed by atoms with E-state index in [1.165, 1.54) is 0 Å². The van der Waals surface area contributed by atoms with Crippen molar-refractivity contribution in [1.82, 2.24) is 15.1 Å². The number of amides is 1. The highest BCUT2D eigenvalue weighted by Gasteiger charge is 2.17. The van der Waals surface area contributed by atoms with Crippen LogP contribution in [0.2, 0.25) is 0 Å². The first-order chi connectivity index (χ1) is 8.68. The van der Waals surface area contributed by atoms with Gasteiger partial charge in [0, 0.05) is 32.0 Å². The Bertz CT molecular complexity index is 395. The van der Waals surface area contributed by atoms with Gasteiger partial charge in [0.15, 0.2) is 0 Å². The normalized spacial score (nSPS) is 19.4. The van der Waals surface area contributed by atoms with E-state index in [-0.39, 0.29) is 11.9 Å². The summed E-state index contributed by atoms with van der Waals surface area (Å²) in [6.07, 6.45) is 3.76. The Morgan fingerprint density at radius 2 is 2.50 bits per heavy atom. The maximum atomic E-state index is 12.0. The van der Waals surface area contributed by atoms with Crippen molar-refractivity contribution in [3.8, 4) is 0 Å². The fourth-order valence-electron chi connectivity index (χ4n) is 2.20. The third-order valence-electron chi connectivity index (χ3n) is 3.25. The Balaban J connectivity index is 1.81. The third kappa shape index (κ3) is 3.10. The van der Waals surface area contributed by atoms with Gasteiger partial charge in [0.1, 0.15) is 5.69 Å². The van der Waals surface area contributed by atoms with Crippen LogP contribution in [0.25, 0.3) is 0 Å². The number of ether oxygens (including phenoxy) is 1. The molecule has 1 aliphatic rings. The molecule has 0 unspecified atom stereocenters. The second-order valence-corrected chi connectivity index (χ2v) is 5.03. The Hall–Kier alpha value is -1.36. The van der Waals surface area contributed by atoms with E-state index in [0.717, 1.165) is 26.1 Å². The number of hydrogen-bond acceptors (Lipinski definition) is 3. The first kappa shape index (κ1) is 13.1. The molecule has 0 radical (unpaired) electrons. The van der Waals surface area contributed by atoms with Crippen molar-refractivity contribution in [3.63, 3.8) is 0 Å². The van der Waals surface area contributed by atoms with Crippen LogP contribution in [0.4, 0.5) is 0 Å². The van der Waals surface area contributed by atoms with Crippen molar-refractivity contribution in [3.05, 3.63) is 18.0 Å². The van der Waals surface area contributed by atoms with Crippen LogP contribution in [0.3, 0.4) is 0 Å². The van der Waals surface area contributed by atoms with E-state index < -0.39 is 0 Å². The molecule has 1 amide bonds. The van der Waals surface area contributed by atoms with E-state index in [0.29, 0.717) is 18.2 Å². The number of rotatable bonds is 5. The summed E-state index contributed by atoms with van der Waals surface area (Å²) in [5, 5.41) is 7.11. The zero-order valence-electron chi connectivity index (χ0n) is 11.1. The highest BCUT2D eigenvalue weighted by Crippen LogP contribution is 2.15. The Morgan fingerprint density at radius 3 is 3.17 bits per heavy atom. The lowest BCUT2D eigenvalue weighted by molar-refractivity contribution is 0.0938. The van der Waals surface area contributed by atoms with E-state index in [1.807, 2.05) is 13.8 Å². The topological polar surface area (TPSA) is 56.2 Å². The van der Waals surface area contributed by atoms with Gasteiger partial charge in [-0.05, 0) is 38.7 Å². The van der Waals surface area contributed by atoms with Crippen molar-refractivity contribution in [2.75, 3.05) is 19.8 Å². The molecule has 5 nitrogen and oxygen atoms in total. The van der Waals surface area contributed by atoms with Crippen molar-refractivity contribution in [2.45, 2.75) is 32.7 Å².